The van der Waals surface area contributed by atoms with Crippen molar-refractivity contribution in [3.05, 3.63) is 0 Å². The molecule has 0 N–H and O–H groups in total. The minimum absolute atomic E-state index is 0.219. The highest BCUT2D eigenvalue weighted by atomic mass is 19.4. The average molecular weight is 457 g/mol. The molecule has 0 radical (unpaired) electrons. The van der Waals surface area contributed by atoms with E-state index in [0.717, 1.165) is 42.4 Å². The molecule has 0 aromatic rings. The molecule has 1 nitrogen and oxygen atoms in total. The quantitative estimate of drug-likeness (QED) is 0.387. The number of fused-ring (bicyclic) bond motifs is 5. The van der Waals surface area contributed by atoms with Crippen molar-refractivity contribution >= 4 is 0 Å². The van der Waals surface area contributed by atoms with E-state index in [-0.39, 0.29) is 5.41 Å². The Kier molecular flexibility index (Phi) is 7.05. The molecule has 4 aliphatic carbocycles. The summed E-state index contributed by atoms with van der Waals surface area (Å²) in [5.41, 5.74) is 0.703. The minimum atomic E-state index is -4.49. The number of alkyl halides is 3. The first-order chi connectivity index (χ1) is 14.9. The fraction of sp³-hybridized carbons (Fsp3) is 1.00. The Bertz CT molecular complexity index is 645. The standard InChI is InChI=1S/C28H47F3O/c1-18(2)7-6-8-19(3)23-11-12-24-22-10-9-20-17-21(32-28(29,30)31)13-15-26(20,4)25(22)14-16-27(23,24)5/h18-25H,6-17H2,1-5H3/t19-,20?,21+,22+,23-,24+,25+,26+,27-/m1/s1. The molecule has 4 rings (SSSR count). The molecule has 9 atom stereocenters. The second kappa shape index (κ2) is 9.08. The Morgan fingerprint density at radius 3 is 2.22 bits per heavy atom. The fourth-order valence-corrected chi connectivity index (χ4v) is 9.54. The van der Waals surface area contributed by atoms with Crippen LogP contribution in [0.4, 0.5) is 13.2 Å². The Morgan fingerprint density at radius 1 is 0.844 bits per heavy atom. The summed E-state index contributed by atoms with van der Waals surface area (Å²) in [6.07, 6.45) is 8.83. The van der Waals surface area contributed by atoms with Gasteiger partial charge in [0.05, 0.1) is 6.10 Å². The van der Waals surface area contributed by atoms with Crippen molar-refractivity contribution in [3.8, 4) is 0 Å². The Hall–Kier alpha value is -0.250. The van der Waals surface area contributed by atoms with E-state index in [0.29, 0.717) is 30.1 Å². The van der Waals surface area contributed by atoms with Gasteiger partial charge in [-0.3, -0.25) is 4.74 Å². The molecule has 4 saturated carbocycles. The number of halogens is 3. The van der Waals surface area contributed by atoms with E-state index < -0.39 is 12.5 Å². The molecule has 0 bridgehead atoms. The molecule has 32 heavy (non-hydrogen) atoms. The maximum atomic E-state index is 12.8. The second-order valence-electron chi connectivity index (χ2n) is 13.1. The van der Waals surface area contributed by atoms with Gasteiger partial charge in [-0.2, -0.15) is 0 Å². The van der Waals surface area contributed by atoms with Crippen LogP contribution >= 0.6 is 0 Å². The maximum Gasteiger partial charge on any atom is 0.522 e. The first-order valence-corrected chi connectivity index (χ1v) is 13.7. The summed E-state index contributed by atoms with van der Waals surface area (Å²) in [5, 5.41) is 0. The number of rotatable bonds is 6. The van der Waals surface area contributed by atoms with Crippen molar-refractivity contribution < 1.29 is 17.9 Å². The Labute approximate surface area is 194 Å². The number of ether oxygens (including phenoxy) is 1. The van der Waals surface area contributed by atoms with E-state index in [9.17, 15) is 13.2 Å². The molecule has 0 aromatic carbocycles. The van der Waals surface area contributed by atoms with Crippen LogP contribution in [0.25, 0.3) is 0 Å². The third-order valence-electron chi connectivity index (χ3n) is 11.1. The third-order valence-corrected chi connectivity index (χ3v) is 11.1. The molecule has 0 saturated heterocycles. The van der Waals surface area contributed by atoms with Gasteiger partial charge in [-0.05, 0) is 110 Å². The minimum Gasteiger partial charge on any atom is -0.289 e. The number of hydrogen-bond acceptors (Lipinski definition) is 1. The molecular formula is C28H47F3O. The van der Waals surface area contributed by atoms with Crippen LogP contribution in [-0.2, 0) is 4.74 Å². The van der Waals surface area contributed by atoms with Gasteiger partial charge in [0.15, 0.2) is 0 Å². The van der Waals surface area contributed by atoms with Gasteiger partial charge in [-0.25, -0.2) is 0 Å². The van der Waals surface area contributed by atoms with Crippen LogP contribution < -0.4 is 0 Å². The highest BCUT2D eigenvalue weighted by molar-refractivity contribution is 5.09. The zero-order valence-corrected chi connectivity index (χ0v) is 21.1. The molecule has 0 amide bonds. The van der Waals surface area contributed by atoms with E-state index >= 15 is 0 Å². The summed E-state index contributed by atoms with van der Waals surface area (Å²) in [5.74, 6) is 5.23. The first kappa shape index (κ1) is 24.9. The van der Waals surface area contributed by atoms with E-state index in [2.05, 4.69) is 39.4 Å². The molecule has 0 aliphatic heterocycles. The van der Waals surface area contributed by atoms with Crippen molar-refractivity contribution in [2.24, 2.45) is 52.3 Å². The average Bonchev–Trinajstić information content (AvgIpc) is 3.04. The molecule has 4 fully saturated rings. The van der Waals surface area contributed by atoms with Gasteiger partial charge in [-0.1, -0.05) is 53.9 Å². The largest absolute Gasteiger partial charge is 0.522 e. The third kappa shape index (κ3) is 4.65. The highest BCUT2D eigenvalue weighted by Gasteiger charge is 2.60. The van der Waals surface area contributed by atoms with Crippen molar-refractivity contribution in [3.63, 3.8) is 0 Å². The van der Waals surface area contributed by atoms with Crippen LogP contribution in [0.1, 0.15) is 112 Å². The Morgan fingerprint density at radius 2 is 1.53 bits per heavy atom. The first-order valence-electron chi connectivity index (χ1n) is 13.7. The zero-order chi connectivity index (χ0) is 23.3. The Balaban J connectivity index is 1.42. The van der Waals surface area contributed by atoms with Gasteiger partial charge in [0.2, 0.25) is 0 Å². The number of hydrogen-bond donors (Lipinski definition) is 0. The monoisotopic (exact) mass is 456 g/mol. The fourth-order valence-electron chi connectivity index (χ4n) is 9.54. The van der Waals surface area contributed by atoms with E-state index in [4.69, 9.17) is 0 Å². The van der Waals surface area contributed by atoms with Gasteiger partial charge in [0, 0.05) is 0 Å². The smallest absolute Gasteiger partial charge is 0.289 e. The van der Waals surface area contributed by atoms with E-state index in [1.54, 1.807) is 0 Å². The molecule has 0 spiro atoms. The molecule has 4 heteroatoms. The summed E-state index contributed by atoms with van der Waals surface area (Å²) in [6, 6.07) is 0. The van der Waals surface area contributed by atoms with E-state index in [1.165, 1.54) is 51.4 Å². The van der Waals surface area contributed by atoms with Gasteiger partial charge < -0.3 is 0 Å². The normalized spacial score (nSPS) is 45.3. The SMILES string of the molecule is CC(C)CCC[C@@H](C)[C@H]1CC[C@H]2[C@@H]3CCC4C[C@@H](OC(F)(F)F)CC[C@]4(C)[C@H]3CC[C@]12C. The summed E-state index contributed by atoms with van der Waals surface area (Å²) in [4.78, 5) is 0. The van der Waals surface area contributed by atoms with Crippen molar-refractivity contribution in [2.45, 2.75) is 124 Å². The van der Waals surface area contributed by atoms with Crippen LogP contribution in [0.3, 0.4) is 0 Å². The summed E-state index contributed by atoms with van der Waals surface area (Å²) >= 11 is 0. The van der Waals surface area contributed by atoms with E-state index in [1.807, 2.05) is 0 Å². The van der Waals surface area contributed by atoms with Crippen LogP contribution in [-0.4, -0.2) is 12.5 Å². The lowest BCUT2D eigenvalue weighted by Crippen LogP contribution is -2.54. The zero-order valence-electron chi connectivity index (χ0n) is 21.1. The van der Waals surface area contributed by atoms with Gasteiger partial charge in [0.25, 0.3) is 0 Å². The second-order valence-corrected chi connectivity index (χ2v) is 13.1. The molecule has 0 aromatic heterocycles. The predicted molar refractivity (Wildman–Crippen MR) is 124 cm³/mol. The van der Waals surface area contributed by atoms with Crippen LogP contribution in [0, 0.1) is 52.3 Å². The molecule has 0 heterocycles. The molecule has 186 valence electrons. The van der Waals surface area contributed by atoms with Crippen LogP contribution in [0.5, 0.6) is 0 Å². The summed E-state index contributed by atoms with van der Waals surface area (Å²) in [6.45, 7) is 12.2. The lowest BCUT2D eigenvalue weighted by Gasteiger charge is -2.61. The lowest BCUT2D eigenvalue weighted by atomic mass is 9.44. The topological polar surface area (TPSA) is 9.23 Å². The highest BCUT2D eigenvalue weighted by Crippen LogP contribution is 2.68. The summed E-state index contributed by atoms with van der Waals surface area (Å²) in [7, 11) is 0. The molecule has 1 unspecified atom stereocenters. The molecule has 4 aliphatic rings. The van der Waals surface area contributed by atoms with Crippen molar-refractivity contribution in [1.29, 1.82) is 0 Å². The van der Waals surface area contributed by atoms with Crippen molar-refractivity contribution in [1.82, 2.24) is 0 Å². The van der Waals surface area contributed by atoms with Gasteiger partial charge in [-0.15, -0.1) is 13.2 Å². The molecular weight excluding hydrogens is 409 g/mol. The lowest BCUT2D eigenvalue weighted by molar-refractivity contribution is -0.350. The predicted octanol–water partition coefficient (Wildman–Crippen LogP) is 9.01. The van der Waals surface area contributed by atoms with Crippen LogP contribution in [0.15, 0.2) is 0 Å². The van der Waals surface area contributed by atoms with Crippen molar-refractivity contribution in [2.75, 3.05) is 0 Å². The van der Waals surface area contributed by atoms with Gasteiger partial charge in [0.1, 0.15) is 0 Å². The van der Waals surface area contributed by atoms with Gasteiger partial charge >= 0.3 is 6.36 Å². The summed E-state index contributed by atoms with van der Waals surface area (Å²) < 4.78 is 42.9. The van der Waals surface area contributed by atoms with Crippen LogP contribution in [0.2, 0.25) is 0 Å². The maximum absolute atomic E-state index is 12.8.